The zero-order chi connectivity index (χ0) is 13.6. The van der Waals surface area contributed by atoms with Crippen LogP contribution in [0.5, 0.6) is 0 Å². The van der Waals surface area contributed by atoms with E-state index in [0.29, 0.717) is 5.33 Å². The molecule has 0 aliphatic heterocycles. The number of hydrogen-bond donors (Lipinski definition) is 2. The van der Waals surface area contributed by atoms with E-state index in [1.807, 2.05) is 6.92 Å². The fourth-order valence-electron chi connectivity index (χ4n) is 0.872. The molecule has 0 saturated carbocycles. The van der Waals surface area contributed by atoms with Gasteiger partial charge in [0.15, 0.2) is 0 Å². The number of carbonyl (C=O) groups excluding carboxylic acids is 1. The molecule has 0 aliphatic carbocycles. The van der Waals surface area contributed by atoms with Gasteiger partial charge in [-0.15, -0.1) is 0 Å². The first-order valence-corrected chi connectivity index (χ1v) is 7.85. The summed E-state index contributed by atoms with van der Waals surface area (Å²) in [6.45, 7) is 6.87. The molecule has 0 radical (unpaired) electrons. The summed E-state index contributed by atoms with van der Waals surface area (Å²) in [4.78, 5) is 11.1. The molecule has 2 N–H and O–H groups in total. The van der Waals surface area contributed by atoms with E-state index >= 15 is 0 Å². The molecule has 1 amide bonds. The molecule has 6 nitrogen and oxygen atoms in total. The van der Waals surface area contributed by atoms with Gasteiger partial charge in [-0.3, -0.25) is 0 Å². The van der Waals surface area contributed by atoms with Gasteiger partial charge in [0, 0.05) is 11.4 Å². The van der Waals surface area contributed by atoms with Gasteiger partial charge in [-0.25, -0.2) is 9.52 Å². The Morgan fingerprint density at radius 3 is 2.24 bits per heavy atom. The fraction of sp³-hybridized carbons (Fsp3) is 0.889. The van der Waals surface area contributed by atoms with Crippen molar-refractivity contribution in [1.82, 2.24) is 9.44 Å². The van der Waals surface area contributed by atoms with Crippen LogP contribution in [-0.2, 0) is 14.9 Å². The highest BCUT2D eigenvalue weighted by atomic mass is 79.9. The van der Waals surface area contributed by atoms with Crippen molar-refractivity contribution in [3.63, 3.8) is 0 Å². The average Bonchev–Trinajstić information content (AvgIpc) is 2.12. The Hall–Kier alpha value is -0.340. The number of ether oxygens (including phenoxy) is 1. The summed E-state index contributed by atoms with van der Waals surface area (Å²) in [7, 11) is -3.88. The molecule has 0 aromatic carbocycles. The third-order valence-electron chi connectivity index (χ3n) is 2.00. The lowest BCUT2D eigenvalue weighted by atomic mass is 10.1. The molecule has 102 valence electrons. The Kier molecular flexibility index (Phi) is 7.03. The Bertz CT molecular complexity index is 345. The average molecular weight is 331 g/mol. The van der Waals surface area contributed by atoms with Crippen molar-refractivity contribution in [1.29, 1.82) is 0 Å². The normalized spacial score (nSPS) is 15.4. The zero-order valence-corrected chi connectivity index (χ0v) is 12.8. The molecule has 0 aliphatic rings. The summed E-state index contributed by atoms with van der Waals surface area (Å²) < 4.78 is 31.8. The topological polar surface area (TPSA) is 84.5 Å². The third kappa shape index (κ3) is 7.56. The number of carbonyl (C=O) groups is 1. The number of amides is 1. The Balaban J connectivity index is 4.35. The van der Waals surface area contributed by atoms with E-state index in [4.69, 9.17) is 0 Å². The lowest BCUT2D eigenvalue weighted by Crippen LogP contribution is -2.46. The summed E-state index contributed by atoms with van der Waals surface area (Å²) >= 11 is 3.26. The molecule has 0 aromatic rings. The maximum Gasteiger partial charge on any atom is 0.422 e. The van der Waals surface area contributed by atoms with Gasteiger partial charge in [-0.05, 0) is 26.7 Å². The maximum atomic E-state index is 11.5. The SMILES string of the molecule is CC(C)OC(=O)NS(=O)(=O)NC(C)C(C)CBr. The van der Waals surface area contributed by atoms with Gasteiger partial charge in [-0.2, -0.15) is 13.1 Å². The van der Waals surface area contributed by atoms with E-state index < -0.39 is 16.3 Å². The number of nitrogens with one attached hydrogen (secondary N) is 2. The third-order valence-corrected chi connectivity index (χ3v) is 4.14. The van der Waals surface area contributed by atoms with Gasteiger partial charge < -0.3 is 4.74 Å². The predicted octanol–water partition coefficient (Wildman–Crippen LogP) is 1.37. The monoisotopic (exact) mass is 330 g/mol. The van der Waals surface area contributed by atoms with Crippen LogP contribution in [0.4, 0.5) is 4.79 Å². The fourth-order valence-corrected chi connectivity index (χ4v) is 2.48. The molecule has 17 heavy (non-hydrogen) atoms. The van der Waals surface area contributed by atoms with Gasteiger partial charge in [0.05, 0.1) is 6.10 Å². The van der Waals surface area contributed by atoms with Crippen LogP contribution in [0.25, 0.3) is 0 Å². The van der Waals surface area contributed by atoms with Crippen molar-refractivity contribution in [2.75, 3.05) is 5.33 Å². The quantitative estimate of drug-likeness (QED) is 0.720. The van der Waals surface area contributed by atoms with Crippen molar-refractivity contribution >= 4 is 32.2 Å². The molecule has 0 bridgehead atoms. The lowest BCUT2D eigenvalue weighted by Gasteiger charge is -2.19. The van der Waals surface area contributed by atoms with Crippen LogP contribution in [0.1, 0.15) is 27.7 Å². The van der Waals surface area contributed by atoms with Crippen LogP contribution >= 0.6 is 15.9 Å². The largest absolute Gasteiger partial charge is 0.446 e. The highest BCUT2D eigenvalue weighted by Gasteiger charge is 2.21. The van der Waals surface area contributed by atoms with Crippen molar-refractivity contribution < 1.29 is 17.9 Å². The number of rotatable bonds is 6. The number of hydrogen-bond acceptors (Lipinski definition) is 4. The van der Waals surface area contributed by atoms with Gasteiger partial charge in [0.2, 0.25) is 0 Å². The first kappa shape index (κ1) is 16.7. The van der Waals surface area contributed by atoms with Crippen molar-refractivity contribution in [3.05, 3.63) is 0 Å². The number of halogens is 1. The second-order valence-electron chi connectivity index (χ2n) is 4.10. The second-order valence-corrected chi connectivity index (χ2v) is 6.19. The minimum atomic E-state index is -3.88. The van der Waals surface area contributed by atoms with Crippen molar-refractivity contribution in [2.24, 2.45) is 5.92 Å². The molecule has 0 saturated heterocycles. The molecular formula is C9H19BrN2O4S. The van der Waals surface area contributed by atoms with Crippen LogP contribution in [0, 0.1) is 5.92 Å². The smallest absolute Gasteiger partial charge is 0.422 e. The first-order valence-electron chi connectivity index (χ1n) is 5.24. The van der Waals surface area contributed by atoms with Crippen LogP contribution in [0.15, 0.2) is 0 Å². The van der Waals surface area contributed by atoms with Crippen LogP contribution in [0.3, 0.4) is 0 Å². The molecule has 0 heterocycles. The molecule has 2 atom stereocenters. The minimum absolute atomic E-state index is 0.104. The summed E-state index contributed by atoms with van der Waals surface area (Å²) in [5.41, 5.74) is 0. The Labute approximate surface area is 111 Å². The highest BCUT2D eigenvalue weighted by molar-refractivity contribution is 9.09. The first-order chi connectivity index (χ1) is 7.68. The van der Waals surface area contributed by atoms with Crippen molar-refractivity contribution in [3.8, 4) is 0 Å². The minimum Gasteiger partial charge on any atom is -0.446 e. The summed E-state index contributed by atoms with van der Waals surface area (Å²) in [5.74, 6) is 0.104. The highest BCUT2D eigenvalue weighted by Crippen LogP contribution is 2.06. The molecule has 0 spiro atoms. The molecule has 0 rings (SSSR count). The summed E-state index contributed by atoms with van der Waals surface area (Å²) in [5, 5.41) is 0.660. The molecular weight excluding hydrogens is 312 g/mol. The van der Waals surface area contributed by atoms with Gasteiger partial charge in [0.25, 0.3) is 0 Å². The number of alkyl halides is 1. The zero-order valence-electron chi connectivity index (χ0n) is 10.4. The molecule has 0 aromatic heterocycles. The van der Waals surface area contributed by atoms with Crippen molar-refractivity contribution in [2.45, 2.75) is 39.8 Å². The molecule has 0 fully saturated rings. The second kappa shape index (κ2) is 7.17. The van der Waals surface area contributed by atoms with E-state index in [2.05, 4.69) is 25.4 Å². The van der Waals surface area contributed by atoms with E-state index in [0.717, 1.165) is 0 Å². The van der Waals surface area contributed by atoms with E-state index in [1.165, 1.54) is 0 Å². The maximum absolute atomic E-state index is 11.5. The van der Waals surface area contributed by atoms with Gasteiger partial charge in [-0.1, -0.05) is 22.9 Å². The Morgan fingerprint density at radius 2 is 1.82 bits per heavy atom. The van der Waals surface area contributed by atoms with Gasteiger partial charge in [0.1, 0.15) is 0 Å². The van der Waals surface area contributed by atoms with E-state index in [-0.39, 0.29) is 18.1 Å². The molecule has 8 heteroatoms. The summed E-state index contributed by atoms with van der Waals surface area (Å²) in [6, 6.07) is -0.293. The van der Waals surface area contributed by atoms with Crippen LogP contribution in [0.2, 0.25) is 0 Å². The van der Waals surface area contributed by atoms with E-state index in [1.54, 1.807) is 25.5 Å². The van der Waals surface area contributed by atoms with E-state index in [9.17, 15) is 13.2 Å². The van der Waals surface area contributed by atoms with Crippen LogP contribution in [-0.4, -0.2) is 32.0 Å². The standard InChI is InChI=1S/C9H19BrN2O4S/c1-6(2)16-9(13)12-17(14,15)11-8(4)7(3)5-10/h6-8,11H,5H2,1-4H3,(H,12,13). The lowest BCUT2D eigenvalue weighted by molar-refractivity contribution is 0.121. The van der Waals surface area contributed by atoms with Crippen LogP contribution < -0.4 is 9.44 Å². The molecule has 2 unspecified atom stereocenters. The van der Waals surface area contributed by atoms with Gasteiger partial charge >= 0.3 is 16.3 Å². The summed E-state index contributed by atoms with van der Waals surface area (Å²) in [6.07, 6.45) is -1.35. The Morgan fingerprint density at radius 1 is 1.29 bits per heavy atom. The predicted molar refractivity (Wildman–Crippen MR) is 69.2 cm³/mol.